The highest BCUT2D eigenvalue weighted by molar-refractivity contribution is 9.09. The fraction of sp³-hybridized carbons (Fsp3) is 0.750. The van der Waals surface area contributed by atoms with E-state index < -0.39 is 0 Å². The van der Waals surface area contributed by atoms with Crippen molar-refractivity contribution in [3.8, 4) is 0 Å². The maximum atomic E-state index is 5.72. The summed E-state index contributed by atoms with van der Waals surface area (Å²) in [6.45, 7) is 5.21. The molecule has 90 valence electrons. The van der Waals surface area contributed by atoms with Crippen molar-refractivity contribution in [3.05, 3.63) is 16.1 Å². The van der Waals surface area contributed by atoms with Gasteiger partial charge in [-0.1, -0.05) is 15.9 Å². The molecule has 2 heterocycles. The van der Waals surface area contributed by atoms with E-state index in [1.165, 1.54) is 23.4 Å². The maximum absolute atomic E-state index is 5.72. The lowest BCUT2D eigenvalue weighted by Gasteiger charge is -2.30. The molecule has 0 spiro atoms. The van der Waals surface area contributed by atoms with Crippen LogP contribution in [0.2, 0.25) is 0 Å². The Morgan fingerprint density at radius 2 is 2.50 bits per heavy atom. The molecule has 2 rings (SSSR count). The molecular weight excluding hydrogens is 286 g/mol. The summed E-state index contributed by atoms with van der Waals surface area (Å²) in [6, 6.07) is 0. The molecular formula is C12H18BrNOS. The van der Waals surface area contributed by atoms with Crippen molar-refractivity contribution in [2.45, 2.75) is 39.2 Å². The molecule has 0 bridgehead atoms. The van der Waals surface area contributed by atoms with Gasteiger partial charge in [-0.15, -0.1) is 11.3 Å². The summed E-state index contributed by atoms with van der Waals surface area (Å²) in [7, 11) is 0. The molecule has 0 saturated carbocycles. The first-order valence-corrected chi connectivity index (χ1v) is 7.74. The molecule has 1 aliphatic rings. The Balaban J connectivity index is 2.00. The number of aryl methyl sites for hydroxylation is 2. The molecule has 2 nitrogen and oxygen atoms in total. The number of nitrogens with zero attached hydrogens (tertiary/aromatic N) is 1. The highest BCUT2D eigenvalue weighted by Gasteiger charge is 2.40. The van der Waals surface area contributed by atoms with Crippen LogP contribution in [0.25, 0.3) is 0 Å². The van der Waals surface area contributed by atoms with Crippen LogP contribution in [-0.4, -0.2) is 23.0 Å². The van der Waals surface area contributed by atoms with Gasteiger partial charge in [-0.05, 0) is 33.1 Å². The lowest BCUT2D eigenvalue weighted by molar-refractivity contribution is 0.0709. The predicted octanol–water partition coefficient (Wildman–Crippen LogP) is 3.57. The second-order valence-electron chi connectivity index (χ2n) is 4.62. The molecule has 16 heavy (non-hydrogen) atoms. The number of aromatic nitrogens is 1. The molecule has 0 radical (unpaired) electrons. The molecule has 1 aromatic heterocycles. The van der Waals surface area contributed by atoms with E-state index in [4.69, 9.17) is 4.74 Å². The van der Waals surface area contributed by atoms with Crippen LogP contribution in [-0.2, 0) is 11.2 Å². The van der Waals surface area contributed by atoms with Crippen molar-refractivity contribution >= 4 is 27.3 Å². The lowest BCUT2D eigenvalue weighted by Crippen LogP contribution is -2.31. The van der Waals surface area contributed by atoms with Gasteiger partial charge in [0.25, 0.3) is 0 Å². The smallest absolute Gasteiger partial charge is 0.0797 e. The SMILES string of the molecule is Cc1ncsc1CCC1(CBr)CCOC1C. The van der Waals surface area contributed by atoms with Crippen molar-refractivity contribution < 1.29 is 4.74 Å². The minimum atomic E-state index is 0.330. The normalized spacial score (nSPS) is 29.8. The highest BCUT2D eigenvalue weighted by Crippen LogP contribution is 2.41. The van der Waals surface area contributed by atoms with E-state index in [1.807, 2.05) is 5.51 Å². The van der Waals surface area contributed by atoms with Crippen LogP contribution in [0.1, 0.15) is 30.3 Å². The molecule has 2 unspecified atom stereocenters. The van der Waals surface area contributed by atoms with Crippen molar-refractivity contribution in [3.63, 3.8) is 0 Å². The Labute approximate surface area is 110 Å². The summed E-state index contributed by atoms with van der Waals surface area (Å²) in [5.74, 6) is 0. The van der Waals surface area contributed by atoms with Gasteiger partial charge < -0.3 is 4.74 Å². The minimum Gasteiger partial charge on any atom is -0.378 e. The van der Waals surface area contributed by atoms with E-state index in [1.54, 1.807) is 11.3 Å². The molecule has 0 aliphatic carbocycles. The summed E-state index contributed by atoms with van der Waals surface area (Å²) in [6.07, 6.45) is 3.88. The largest absolute Gasteiger partial charge is 0.378 e. The van der Waals surface area contributed by atoms with Gasteiger partial charge in [-0.25, -0.2) is 4.98 Å². The van der Waals surface area contributed by atoms with Gasteiger partial charge in [0.1, 0.15) is 0 Å². The van der Waals surface area contributed by atoms with E-state index in [2.05, 4.69) is 34.8 Å². The summed E-state index contributed by atoms with van der Waals surface area (Å²) >= 11 is 5.44. The van der Waals surface area contributed by atoms with Gasteiger partial charge in [0.2, 0.25) is 0 Å². The van der Waals surface area contributed by atoms with Crippen LogP contribution in [0.5, 0.6) is 0 Å². The third-order valence-electron chi connectivity index (χ3n) is 3.79. The molecule has 0 N–H and O–H groups in total. The standard InChI is InChI=1S/C12H18BrNOS/c1-9-11(16-8-14-9)3-4-12(7-13)5-6-15-10(12)2/h8,10H,3-7H2,1-2H3. The summed E-state index contributed by atoms with van der Waals surface area (Å²) in [5, 5.41) is 1.04. The van der Waals surface area contributed by atoms with E-state index in [0.29, 0.717) is 11.5 Å². The molecule has 2 atom stereocenters. The molecule has 1 aromatic rings. The number of alkyl halides is 1. The van der Waals surface area contributed by atoms with E-state index in [0.717, 1.165) is 18.4 Å². The molecule has 0 amide bonds. The van der Waals surface area contributed by atoms with Crippen molar-refractivity contribution in [2.24, 2.45) is 5.41 Å². The monoisotopic (exact) mass is 303 g/mol. The molecule has 4 heteroatoms. The number of thiazole rings is 1. The summed E-state index contributed by atoms with van der Waals surface area (Å²) in [5.41, 5.74) is 3.47. The van der Waals surface area contributed by atoms with Crippen LogP contribution in [0.4, 0.5) is 0 Å². The van der Waals surface area contributed by atoms with Gasteiger partial charge in [0.15, 0.2) is 0 Å². The second kappa shape index (κ2) is 5.15. The fourth-order valence-electron chi connectivity index (χ4n) is 2.32. The van der Waals surface area contributed by atoms with Gasteiger partial charge in [-0.2, -0.15) is 0 Å². The first kappa shape index (κ1) is 12.5. The number of ether oxygens (including phenoxy) is 1. The Hall–Kier alpha value is 0.0700. The first-order valence-electron chi connectivity index (χ1n) is 5.74. The van der Waals surface area contributed by atoms with E-state index >= 15 is 0 Å². The third-order valence-corrected chi connectivity index (χ3v) is 5.90. The average Bonchev–Trinajstić information content (AvgIpc) is 2.84. The van der Waals surface area contributed by atoms with Crippen LogP contribution >= 0.6 is 27.3 Å². The zero-order valence-electron chi connectivity index (χ0n) is 9.83. The van der Waals surface area contributed by atoms with Crippen LogP contribution < -0.4 is 0 Å². The average molecular weight is 304 g/mol. The Kier molecular flexibility index (Phi) is 4.03. The van der Waals surface area contributed by atoms with Crippen LogP contribution in [0.15, 0.2) is 5.51 Å². The number of rotatable bonds is 4. The van der Waals surface area contributed by atoms with Crippen molar-refractivity contribution in [2.75, 3.05) is 11.9 Å². The first-order chi connectivity index (χ1) is 7.68. The lowest BCUT2D eigenvalue weighted by atomic mass is 9.79. The minimum absolute atomic E-state index is 0.330. The molecule has 1 aliphatic heterocycles. The topological polar surface area (TPSA) is 22.1 Å². The summed E-state index contributed by atoms with van der Waals surface area (Å²) in [4.78, 5) is 5.74. The van der Waals surface area contributed by atoms with Gasteiger partial charge in [0.05, 0.1) is 17.3 Å². The molecule has 1 fully saturated rings. The Morgan fingerprint density at radius 3 is 3.00 bits per heavy atom. The van der Waals surface area contributed by atoms with E-state index in [-0.39, 0.29) is 0 Å². The predicted molar refractivity (Wildman–Crippen MR) is 71.4 cm³/mol. The van der Waals surface area contributed by atoms with Crippen molar-refractivity contribution in [1.29, 1.82) is 0 Å². The number of halogens is 1. The zero-order chi connectivity index (χ0) is 11.6. The fourth-order valence-corrected chi connectivity index (χ4v) is 4.12. The van der Waals surface area contributed by atoms with Gasteiger partial charge >= 0.3 is 0 Å². The highest BCUT2D eigenvalue weighted by atomic mass is 79.9. The Morgan fingerprint density at radius 1 is 1.69 bits per heavy atom. The Bertz CT molecular complexity index is 355. The quantitative estimate of drug-likeness (QED) is 0.793. The van der Waals surface area contributed by atoms with Crippen molar-refractivity contribution in [1.82, 2.24) is 4.98 Å². The number of hydrogen-bond donors (Lipinski definition) is 0. The zero-order valence-corrected chi connectivity index (χ0v) is 12.2. The maximum Gasteiger partial charge on any atom is 0.0797 e. The molecule has 1 saturated heterocycles. The summed E-state index contributed by atoms with van der Waals surface area (Å²) < 4.78 is 5.72. The van der Waals surface area contributed by atoms with Gasteiger partial charge in [-0.3, -0.25) is 0 Å². The van der Waals surface area contributed by atoms with Crippen LogP contribution in [0.3, 0.4) is 0 Å². The third kappa shape index (κ3) is 2.34. The number of hydrogen-bond acceptors (Lipinski definition) is 3. The second-order valence-corrected chi connectivity index (χ2v) is 6.12. The van der Waals surface area contributed by atoms with Gasteiger partial charge in [0, 0.05) is 22.2 Å². The van der Waals surface area contributed by atoms with E-state index in [9.17, 15) is 0 Å². The molecule has 0 aromatic carbocycles. The van der Waals surface area contributed by atoms with Crippen LogP contribution in [0, 0.1) is 12.3 Å².